The van der Waals surface area contributed by atoms with Gasteiger partial charge in [-0.2, -0.15) is 4.98 Å². The van der Waals surface area contributed by atoms with Crippen LogP contribution in [-0.4, -0.2) is 30.2 Å². The van der Waals surface area contributed by atoms with Gasteiger partial charge < -0.3 is 9.97 Å². The molecule has 96 valence electrons. The first-order valence-corrected chi connectivity index (χ1v) is 3.63. The maximum Gasteiger partial charge on any atom is 0.301 e. The summed E-state index contributed by atoms with van der Waals surface area (Å²) in [4.78, 5) is 46.5. The van der Waals surface area contributed by atoms with E-state index in [0.29, 0.717) is 0 Å². The molecule has 0 N–H and O–H groups in total. The average molecular weight is 262 g/mol. The van der Waals surface area contributed by atoms with E-state index in [1.807, 2.05) is 0 Å². The van der Waals surface area contributed by atoms with Crippen molar-refractivity contribution < 1.29 is 24.9 Å². The molecule has 0 saturated heterocycles. The summed E-state index contributed by atoms with van der Waals surface area (Å²) in [5, 5.41) is 26.1. The summed E-state index contributed by atoms with van der Waals surface area (Å²) >= 11 is 0. The third kappa shape index (κ3) is 4.00. The maximum absolute atomic E-state index is 10.0. The molecule has 0 aromatic carbocycles. The van der Waals surface area contributed by atoms with Gasteiger partial charge in [0.25, 0.3) is 0 Å². The molecule has 1 heterocycles. The predicted octanol–water partition coefficient (Wildman–Crippen LogP) is -0.791. The minimum absolute atomic E-state index is 0.969. The molecule has 0 atom stereocenters. The summed E-state index contributed by atoms with van der Waals surface area (Å²) in [6.45, 7) is 0. The fraction of sp³-hybridized carbons (Fsp3) is 0. The summed E-state index contributed by atoms with van der Waals surface area (Å²) in [5.41, 5.74) is 2.55. The zero-order chi connectivity index (χ0) is 13.7. The second kappa shape index (κ2) is 5.09. The van der Waals surface area contributed by atoms with E-state index >= 15 is 0 Å². The molecule has 0 fully saturated rings. The molecule has 0 bridgehead atoms. The second-order valence-corrected chi connectivity index (χ2v) is 2.17. The van der Waals surface area contributed by atoms with E-state index in [0.717, 1.165) is 0 Å². The number of hydrogen-bond acceptors (Lipinski definition) is 11. The highest BCUT2D eigenvalue weighted by Crippen LogP contribution is 2.18. The van der Waals surface area contributed by atoms with Crippen molar-refractivity contribution in [1.29, 1.82) is 0 Å². The first-order chi connectivity index (χ1) is 8.36. The summed E-state index contributed by atoms with van der Waals surface area (Å²) in [5.74, 6) is -0.969. The molecule has 15 nitrogen and oxygen atoms in total. The van der Waals surface area contributed by atoms with Gasteiger partial charge in [-0.3, -0.25) is 9.68 Å². The molecule has 15 heteroatoms. The highest BCUT2D eigenvalue weighted by molar-refractivity contribution is 5.28. The standard InChI is InChI=1S/C3N7O8/c11-8(12)7-1-4-2(17-9(13)14)6-3(5-1)18-10(15)16/q-1. The first-order valence-electron chi connectivity index (χ1n) is 3.63. The van der Waals surface area contributed by atoms with Crippen LogP contribution in [0.4, 0.5) is 5.95 Å². The molecule has 0 aliphatic rings. The van der Waals surface area contributed by atoms with Crippen molar-refractivity contribution in [3.63, 3.8) is 0 Å². The van der Waals surface area contributed by atoms with Crippen LogP contribution in [-0.2, 0) is 0 Å². The van der Waals surface area contributed by atoms with Crippen LogP contribution in [0.2, 0.25) is 0 Å². The van der Waals surface area contributed by atoms with Crippen molar-refractivity contribution in [2.75, 3.05) is 0 Å². The monoisotopic (exact) mass is 262 g/mol. The van der Waals surface area contributed by atoms with Crippen molar-refractivity contribution in [3.05, 3.63) is 35.8 Å². The highest BCUT2D eigenvalue weighted by Gasteiger charge is 2.08. The van der Waals surface area contributed by atoms with Gasteiger partial charge >= 0.3 is 10.2 Å². The normalized spacial score (nSPS) is 9.33. The lowest BCUT2D eigenvalue weighted by atomic mass is 10.9. The molecule has 0 radical (unpaired) electrons. The molecule has 0 aliphatic heterocycles. The van der Waals surface area contributed by atoms with Gasteiger partial charge in [-0.25, -0.2) is 10.1 Å². The number of hydrogen-bond donors (Lipinski definition) is 0. The van der Waals surface area contributed by atoms with Crippen LogP contribution in [0.25, 0.3) is 5.43 Å². The van der Waals surface area contributed by atoms with Crippen LogP contribution in [0, 0.1) is 30.3 Å². The second-order valence-electron chi connectivity index (χ2n) is 2.17. The lowest BCUT2D eigenvalue weighted by Gasteiger charge is -2.08. The topological polar surface area (TPSA) is 201 Å². The van der Waals surface area contributed by atoms with E-state index in [1.54, 1.807) is 0 Å². The molecular formula is C3N7O8-. The third-order valence-electron chi connectivity index (χ3n) is 1.07. The van der Waals surface area contributed by atoms with E-state index in [9.17, 15) is 30.3 Å². The summed E-state index contributed by atoms with van der Waals surface area (Å²) < 4.78 is 0. The molecule has 1 aromatic rings. The Balaban J connectivity index is 3.06. The Hall–Kier alpha value is -3.39. The summed E-state index contributed by atoms with van der Waals surface area (Å²) in [6, 6.07) is -2.13. The van der Waals surface area contributed by atoms with Crippen LogP contribution in [0.5, 0.6) is 12.0 Å². The van der Waals surface area contributed by atoms with Crippen molar-refractivity contribution in [2.45, 2.75) is 0 Å². The minimum Gasteiger partial charge on any atom is -0.316 e. The molecule has 0 saturated carbocycles. The van der Waals surface area contributed by atoms with Gasteiger partial charge in [-0.05, 0) is 0 Å². The molecule has 0 unspecified atom stereocenters. The van der Waals surface area contributed by atoms with Crippen LogP contribution in [0.15, 0.2) is 0 Å². The van der Waals surface area contributed by atoms with Gasteiger partial charge in [-0.15, -0.1) is 20.2 Å². The van der Waals surface area contributed by atoms with Crippen molar-refractivity contribution in [2.24, 2.45) is 0 Å². The molecule has 1 rings (SSSR count). The van der Waals surface area contributed by atoms with Gasteiger partial charge in [0.15, 0.2) is 0 Å². The van der Waals surface area contributed by atoms with Gasteiger partial charge in [0.1, 0.15) is 11.0 Å². The average Bonchev–Trinajstić information content (AvgIpc) is 2.12. The Morgan fingerprint density at radius 2 is 1.33 bits per heavy atom. The smallest absolute Gasteiger partial charge is 0.301 e. The van der Waals surface area contributed by atoms with Gasteiger partial charge in [-0.1, -0.05) is 5.43 Å². The van der Waals surface area contributed by atoms with Crippen LogP contribution in [0.3, 0.4) is 0 Å². The molecular weight excluding hydrogens is 262 g/mol. The van der Waals surface area contributed by atoms with Crippen molar-refractivity contribution in [1.82, 2.24) is 15.0 Å². The summed E-state index contributed by atoms with van der Waals surface area (Å²) in [7, 11) is 0. The fourth-order valence-corrected chi connectivity index (χ4v) is 0.661. The number of rotatable bonds is 6. The van der Waals surface area contributed by atoms with Gasteiger partial charge in [0.05, 0.1) is 0 Å². The van der Waals surface area contributed by atoms with Gasteiger partial charge in [0, 0.05) is 0 Å². The van der Waals surface area contributed by atoms with Crippen LogP contribution >= 0.6 is 0 Å². The molecule has 18 heavy (non-hydrogen) atoms. The predicted molar refractivity (Wildman–Crippen MR) is 45.1 cm³/mol. The molecule has 0 spiro atoms. The number of aromatic nitrogens is 3. The number of nitrogens with zero attached hydrogens (tertiary/aromatic N) is 7. The van der Waals surface area contributed by atoms with Crippen molar-refractivity contribution >= 4 is 5.95 Å². The van der Waals surface area contributed by atoms with E-state index in [4.69, 9.17) is 0 Å². The quantitative estimate of drug-likeness (QED) is 0.458. The van der Waals surface area contributed by atoms with Crippen molar-refractivity contribution in [3.8, 4) is 12.0 Å². The maximum atomic E-state index is 10.0. The zero-order valence-corrected chi connectivity index (χ0v) is 7.90. The Labute approximate surface area is 94.7 Å². The Bertz CT molecular complexity index is 418. The highest BCUT2D eigenvalue weighted by atomic mass is 17.0. The van der Waals surface area contributed by atoms with Crippen LogP contribution in [0.1, 0.15) is 0 Å². The first kappa shape index (κ1) is 12.7. The summed E-state index contributed by atoms with van der Waals surface area (Å²) in [6.07, 6.45) is 0. The van der Waals surface area contributed by atoms with Crippen LogP contribution < -0.4 is 9.68 Å². The Morgan fingerprint density at radius 3 is 1.67 bits per heavy atom. The Morgan fingerprint density at radius 1 is 0.889 bits per heavy atom. The van der Waals surface area contributed by atoms with Gasteiger partial charge in [0.2, 0.25) is 12.0 Å². The lowest BCUT2D eigenvalue weighted by Crippen LogP contribution is -2.11. The molecule has 1 aromatic heterocycles. The largest absolute Gasteiger partial charge is 0.316 e. The third-order valence-corrected chi connectivity index (χ3v) is 1.07. The van der Waals surface area contributed by atoms with E-state index in [1.165, 1.54) is 0 Å². The molecule has 0 aliphatic carbocycles. The fourth-order valence-electron chi connectivity index (χ4n) is 0.661. The lowest BCUT2D eigenvalue weighted by molar-refractivity contribution is -0.716. The minimum atomic E-state index is -1.35. The molecule has 0 amide bonds. The Kier molecular flexibility index (Phi) is 3.59. The zero-order valence-electron chi connectivity index (χ0n) is 7.90. The number of nitro groups is 1. The SMILES string of the molecule is O=[N+]([O-])[N-]c1nc(O[N+](=O)[O-])nc(O[N+](=O)[O-])n1. The van der Waals surface area contributed by atoms with E-state index in [2.05, 4.69) is 30.1 Å². The van der Waals surface area contributed by atoms with E-state index < -0.39 is 33.2 Å². The van der Waals surface area contributed by atoms with E-state index in [-0.39, 0.29) is 0 Å².